The maximum atomic E-state index is 5.44. The van der Waals surface area contributed by atoms with Crippen LogP contribution in [-0.2, 0) is 0 Å². The molecular formula is C95H59N9. The molecular weight excluding hydrogens is 1270 g/mol. The molecule has 0 N–H and O–H groups in total. The molecule has 0 radical (unpaired) electrons. The Morgan fingerprint density at radius 2 is 0.481 bits per heavy atom. The van der Waals surface area contributed by atoms with Crippen molar-refractivity contribution in [1.82, 2.24) is 44.0 Å². The number of benzene rings is 15. The lowest BCUT2D eigenvalue weighted by atomic mass is 10.00. The van der Waals surface area contributed by atoms with Gasteiger partial charge < -0.3 is 9.13 Å². The van der Waals surface area contributed by atoms with Crippen molar-refractivity contribution in [3.63, 3.8) is 0 Å². The minimum atomic E-state index is 0.631. The van der Waals surface area contributed by atoms with Gasteiger partial charge in [-0.25, -0.2) is 29.9 Å². The fourth-order valence-electron chi connectivity index (χ4n) is 15.4. The van der Waals surface area contributed by atoms with Crippen LogP contribution in [0.5, 0.6) is 0 Å². The molecule has 0 spiro atoms. The zero-order valence-electron chi connectivity index (χ0n) is 56.1. The Hall–Kier alpha value is -14.2. The highest BCUT2D eigenvalue weighted by atomic mass is 15.0. The van der Waals surface area contributed by atoms with Crippen molar-refractivity contribution in [3.05, 3.63) is 358 Å². The molecule has 0 atom stereocenters. The Morgan fingerprint density at radius 1 is 0.192 bits per heavy atom. The van der Waals surface area contributed by atoms with Crippen LogP contribution in [0.1, 0.15) is 0 Å². The molecule has 0 saturated carbocycles. The Kier molecular flexibility index (Phi) is 14.4. The summed E-state index contributed by atoms with van der Waals surface area (Å²) in [6, 6.07) is 121. The van der Waals surface area contributed by atoms with Crippen LogP contribution >= 0.6 is 0 Å². The van der Waals surface area contributed by atoms with Gasteiger partial charge in [-0.05, 0) is 107 Å². The van der Waals surface area contributed by atoms with Gasteiger partial charge in [0, 0.05) is 117 Å². The van der Waals surface area contributed by atoms with E-state index in [2.05, 4.69) is 336 Å². The molecule has 0 aliphatic carbocycles. The maximum absolute atomic E-state index is 5.44. The molecule has 0 bridgehead atoms. The van der Waals surface area contributed by atoms with Crippen LogP contribution in [0.2, 0.25) is 0 Å². The van der Waals surface area contributed by atoms with Crippen molar-refractivity contribution in [2.45, 2.75) is 0 Å². The molecule has 0 fully saturated rings. The second kappa shape index (κ2) is 24.9. The van der Waals surface area contributed by atoms with E-state index in [0.717, 1.165) is 160 Å². The number of para-hydroxylation sites is 4. The Labute approximate surface area is 597 Å². The van der Waals surface area contributed by atoms with Crippen LogP contribution in [-0.4, -0.2) is 44.0 Å². The van der Waals surface area contributed by atoms with E-state index in [1.165, 1.54) is 21.5 Å². The lowest BCUT2D eigenvalue weighted by molar-refractivity contribution is 1.16. The second-order valence-electron chi connectivity index (χ2n) is 26.4. The average molecular weight is 1330 g/mol. The van der Waals surface area contributed by atoms with E-state index in [4.69, 9.17) is 29.9 Å². The summed E-state index contributed by atoms with van der Waals surface area (Å²) in [5, 5.41) is 14.6. The van der Waals surface area contributed by atoms with Gasteiger partial charge in [0.05, 0.1) is 55.7 Å². The first-order valence-electron chi connectivity index (χ1n) is 35.0. The van der Waals surface area contributed by atoms with Gasteiger partial charge in [-0.15, -0.1) is 0 Å². The highest BCUT2D eigenvalue weighted by Crippen LogP contribution is 2.42. The molecule has 0 saturated heterocycles. The van der Waals surface area contributed by atoms with Gasteiger partial charge in [-0.1, -0.05) is 261 Å². The van der Waals surface area contributed by atoms with E-state index >= 15 is 0 Å². The molecule has 21 rings (SSSR count). The number of hydrogen-bond acceptors (Lipinski definition) is 7. The predicted octanol–water partition coefficient (Wildman–Crippen LogP) is 23.9. The summed E-state index contributed by atoms with van der Waals surface area (Å²) in [4.78, 5) is 36.8. The number of pyridine rings is 1. The second-order valence-corrected chi connectivity index (χ2v) is 26.4. The summed E-state index contributed by atoms with van der Waals surface area (Å²) >= 11 is 0. The molecule has 9 heteroatoms. The molecule has 0 aliphatic heterocycles. The molecule has 6 aromatic heterocycles. The Morgan fingerprint density at radius 3 is 0.817 bits per heavy atom. The minimum absolute atomic E-state index is 0.631. The van der Waals surface area contributed by atoms with Gasteiger partial charge in [0.25, 0.3) is 0 Å². The van der Waals surface area contributed by atoms with E-state index in [-0.39, 0.29) is 0 Å². The van der Waals surface area contributed by atoms with Crippen LogP contribution < -0.4 is 0 Å². The van der Waals surface area contributed by atoms with Gasteiger partial charge in [0.1, 0.15) is 0 Å². The Balaban J connectivity index is 0.000000144. The normalized spacial score (nSPS) is 11.7. The lowest BCUT2D eigenvalue weighted by Crippen LogP contribution is -2.01. The molecule has 104 heavy (non-hydrogen) atoms. The SMILES string of the molecule is c1ccc(-c2nc(-c3cc(-c4cccnc4)cc(-n4c5ccccc5c5ccccc54)c3)nc3c2ccc2ccccc23)cc1.c1ccc(-c2nc(-c3cc(-c4nc(-c5ccccc5)c5ccc6ccccc6c5n4)cc(-n4c5ccccc5c5ccccc54)c3)nc3c2ccc2ccccc23)cc1. The summed E-state index contributed by atoms with van der Waals surface area (Å²) in [6.07, 6.45) is 3.73. The number of hydrogen-bond donors (Lipinski definition) is 0. The third-order valence-corrected chi connectivity index (χ3v) is 20.2. The highest BCUT2D eigenvalue weighted by molar-refractivity contribution is 6.14. The molecule has 21 aromatic rings. The van der Waals surface area contributed by atoms with E-state index in [1.807, 2.05) is 36.7 Å². The number of fused-ring (bicyclic) bond motifs is 15. The van der Waals surface area contributed by atoms with Crippen LogP contribution in [0.4, 0.5) is 0 Å². The topological polar surface area (TPSA) is 100 Å². The minimum Gasteiger partial charge on any atom is -0.309 e. The smallest absolute Gasteiger partial charge is 0.160 e. The maximum Gasteiger partial charge on any atom is 0.160 e. The first-order chi connectivity index (χ1) is 51.6. The highest BCUT2D eigenvalue weighted by Gasteiger charge is 2.23. The fourth-order valence-corrected chi connectivity index (χ4v) is 15.4. The summed E-state index contributed by atoms with van der Waals surface area (Å²) in [5.41, 5.74) is 19.9. The predicted molar refractivity (Wildman–Crippen MR) is 429 cm³/mol. The monoisotopic (exact) mass is 1330 g/mol. The van der Waals surface area contributed by atoms with Crippen molar-refractivity contribution in [2.75, 3.05) is 0 Å². The summed E-state index contributed by atoms with van der Waals surface area (Å²) in [5.74, 6) is 1.95. The first-order valence-corrected chi connectivity index (χ1v) is 35.0. The van der Waals surface area contributed by atoms with Gasteiger partial charge in [0.2, 0.25) is 0 Å². The third-order valence-electron chi connectivity index (χ3n) is 20.2. The Bertz CT molecular complexity index is 6680. The van der Waals surface area contributed by atoms with E-state index in [1.54, 1.807) is 0 Å². The van der Waals surface area contributed by atoms with Crippen molar-refractivity contribution in [3.8, 4) is 90.4 Å². The van der Waals surface area contributed by atoms with Crippen molar-refractivity contribution in [2.24, 2.45) is 0 Å². The van der Waals surface area contributed by atoms with Crippen molar-refractivity contribution < 1.29 is 0 Å². The average Bonchev–Trinajstić information content (AvgIpc) is 1.24. The largest absolute Gasteiger partial charge is 0.309 e. The zero-order valence-corrected chi connectivity index (χ0v) is 56.1. The van der Waals surface area contributed by atoms with Gasteiger partial charge in [-0.2, -0.15) is 0 Å². The molecule has 9 nitrogen and oxygen atoms in total. The molecule has 6 heterocycles. The third kappa shape index (κ3) is 10.3. The van der Waals surface area contributed by atoms with Crippen LogP contribution in [0.3, 0.4) is 0 Å². The molecule has 0 unspecified atom stereocenters. The summed E-state index contributed by atoms with van der Waals surface area (Å²) < 4.78 is 4.70. The number of rotatable bonds is 9. The van der Waals surface area contributed by atoms with Crippen LogP contribution in [0, 0.1) is 0 Å². The molecule has 484 valence electrons. The fraction of sp³-hybridized carbons (Fsp3) is 0. The van der Waals surface area contributed by atoms with Crippen LogP contribution in [0.15, 0.2) is 358 Å². The molecule has 15 aromatic carbocycles. The van der Waals surface area contributed by atoms with Gasteiger partial charge in [0.15, 0.2) is 17.5 Å². The molecule has 0 amide bonds. The molecule has 0 aliphatic rings. The van der Waals surface area contributed by atoms with Crippen LogP contribution in [0.25, 0.3) is 199 Å². The first kappa shape index (κ1) is 59.9. The standard InChI is InChI=1S/C54H33N5.C41H26N4/c1-3-17-36(18-4-1)49-45-29-27-34-15-7-9-21-41(34)51(45)57-53(55-49)38-31-39(33-40(32-38)59-47-25-13-11-23-43(47)44-24-12-14-26-48(44)59)54-56-50(37-19-5-2-6-20-37)46-30-28-35-16-8-10-22-42(35)52(46)58-54;1-2-12-28(13-3-1)39-36-21-20-27-11-4-5-15-33(27)40(36)44-41(43-39)31-23-30(29-14-10-22-42-26-29)24-32(25-31)45-37-18-8-6-16-34(37)35-17-7-9-19-38(35)45/h1-33H;1-26H. The van der Waals surface area contributed by atoms with E-state index in [0.29, 0.717) is 17.5 Å². The lowest BCUT2D eigenvalue weighted by Gasteiger charge is -2.16. The van der Waals surface area contributed by atoms with Gasteiger partial charge in [-0.3, -0.25) is 4.98 Å². The van der Waals surface area contributed by atoms with E-state index in [9.17, 15) is 0 Å². The number of nitrogens with zero attached hydrogens (tertiary/aromatic N) is 9. The zero-order chi connectivity index (χ0) is 68.6. The van der Waals surface area contributed by atoms with Crippen molar-refractivity contribution >= 4 is 109 Å². The van der Waals surface area contributed by atoms with E-state index < -0.39 is 0 Å². The summed E-state index contributed by atoms with van der Waals surface area (Å²) in [7, 11) is 0. The van der Waals surface area contributed by atoms with Gasteiger partial charge >= 0.3 is 0 Å². The van der Waals surface area contributed by atoms with Crippen molar-refractivity contribution in [1.29, 1.82) is 0 Å². The quantitative estimate of drug-likeness (QED) is 0.133. The number of aromatic nitrogens is 9. The summed E-state index contributed by atoms with van der Waals surface area (Å²) in [6.45, 7) is 0.